The third-order valence-corrected chi connectivity index (χ3v) is 4.86. The molecule has 2 aromatic rings. The van der Waals surface area contributed by atoms with Gasteiger partial charge in [-0.3, -0.25) is 0 Å². The van der Waals surface area contributed by atoms with Crippen LogP contribution in [-0.4, -0.2) is 39.5 Å². The second kappa shape index (κ2) is 4.86. The normalized spacial score (nSPS) is 28.8. The van der Waals surface area contributed by atoms with E-state index in [1.165, 1.54) is 25.9 Å². The van der Waals surface area contributed by atoms with Gasteiger partial charge in [-0.25, -0.2) is 4.68 Å². The zero-order chi connectivity index (χ0) is 13.5. The molecule has 4 nitrogen and oxygen atoms in total. The van der Waals surface area contributed by atoms with Gasteiger partial charge in [-0.2, -0.15) is 0 Å². The van der Waals surface area contributed by atoms with Crippen molar-refractivity contribution >= 4 is 11.6 Å². The lowest BCUT2D eigenvalue weighted by molar-refractivity contribution is 0.0504. The molecule has 4 heterocycles. The van der Waals surface area contributed by atoms with Gasteiger partial charge >= 0.3 is 0 Å². The molecule has 5 heteroatoms. The number of aromatic nitrogens is 3. The molecule has 0 N–H and O–H groups in total. The Labute approximate surface area is 123 Å². The molecule has 1 atom stereocenters. The highest BCUT2D eigenvalue weighted by atomic mass is 35.5. The molecule has 20 heavy (non-hydrogen) atoms. The molecule has 0 aliphatic carbocycles. The second-order valence-corrected chi connectivity index (χ2v) is 6.23. The van der Waals surface area contributed by atoms with Crippen molar-refractivity contribution in [3.05, 3.63) is 35.5 Å². The average molecular weight is 289 g/mol. The standard InChI is InChI=1S/C15H17ClN4/c16-13-3-1-11(2-4-13)14-9-20(18-17-14)15-10-19-7-5-12(15)6-8-19/h1-4,9,12,15H,5-8,10H2. The summed E-state index contributed by atoms with van der Waals surface area (Å²) in [7, 11) is 0. The van der Waals surface area contributed by atoms with Crippen LogP contribution >= 0.6 is 11.6 Å². The first-order valence-corrected chi connectivity index (χ1v) is 7.57. The molecule has 0 saturated carbocycles. The van der Waals surface area contributed by atoms with Crippen LogP contribution in [0.2, 0.25) is 5.02 Å². The van der Waals surface area contributed by atoms with Gasteiger partial charge in [-0.15, -0.1) is 5.10 Å². The number of hydrogen-bond acceptors (Lipinski definition) is 3. The fourth-order valence-corrected chi connectivity index (χ4v) is 3.55. The van der Waals surface area contributed by atoms with Crippen molar-refractivity contribution in [1.82, 2.24) is 19.9 Å². The molecule has 104 valence electrons. The van der Waals surface area contributed by atoms with E-state index >= 15 is 0 Å². The van der Waals surface area contributed by atoms with Gasteiger partial charge in [-0.05, 0) is 44.0 Å². The van der Waals surface area contributed by atoms with E-state index in [1.54, 1.807) is 0 Å². The van der Waals surface area contributed by atoms with Crippen molar-refractivity contribution in [2.75, 3.05) is 19.6 Å². The number of rotatable bonds is 2. The van der Waals surface area contributed by atoms with E-state index in [1.807, 2.05) is 24.3 Å². The Morgan fingerprint density at radius 1 is 1.10 bits per heavy atom. The minimum atomic E-state index is 0.492. The number of hydrogen-bond donors (Lipinski definition) is 0. The van der Waals surface area contributed by atoms with Crippen LogP contribution in [0.3, 0.4) is 0 Å². The lowest BCUT2D eigenvalue weighted by atomic mass is 9.84. The van der Waals surface area contributed by atoms with Crippen LogP contribution in [0.4, 0.5) is 0 Å². The van der Waals surface area contributed by atoms with Crippen LogP contribution in [0.1, 0.15) is 18.9 Å². The van der Waals surface area contributed by atoms with Crippen LogP contribution in [0.25, 0.3) is 11.3 Å². The van der Waals surface area contributed by atoms with Crippen LogP contribution in [0.5, 0.6) is 0 Å². The van der Waals surface area contributed by atoms with Crippen molar-refractivity contribution in [3.63, 3.8) is 0 Å². The predicted octanol–water partition coefficient (Wildman–Crippen LogP) is 2.87. The zero-order valence-corrected chi connectivity index (χ0v) is 12.0. The number of nitrogens with zero attached hydrogens (tertiary/aromatic N) is 4. The van der Waals surface area contributed by atoms with Crippen molar-refractivity contribution < 1.29 is 0 Å². The van der Waals surface area contributed by atoms with E-state index in [2.05, 4.69) is 26.1 Å². The second-order valence-electron chi connectivity index (χ2n) is 5.80. The first-order valence-electron chi connectivity index (χ1n) is 7.20. The Kier molecular flexibility index (Phi) is 3.00. The minimum Gasteiger partial charge on any atom is -0.301 e. The van der Waals surface area contributed by atoms with Crippen molar-refractivity contribution in [2.45, 2.75) is 18.9 Å². The monoisotopic (exact) mass is 288 g/mol. The molecule has 2 bridgehead atoms. The summed E-state index contributed by atoms with van der Waals surface area (Å²) in [6.07, 6.45) is 4.66. The molecule has 3 fully saturated rings. The molecular formula is C15H17ClN4. The van der Waals surface area contributed by atoms with E-state index in [-0.39, 0.29) is 0 Å². The maximum Gasteiger partial charge on any atom is 0.113 e. The zero-order valence-electron chi connectivity index (χ0n) is 11.2. The number of benzene rings is 1. The van der Waals surface area contributed by atoms with Crippen LogP contribution in [0.15, 0.2) is 30.5 Å². The predicted molar refractivity (Wildman–Crippen MR) is 78.7 cm³/mol. The van der Waals surface area contributed by atoms with E-state index < -0.39 is 0 Å². The summed E-state index contributed by atoms with van der Waals surface area (Å²) in [5.74, 6) is 0.764. The lowest BCUT2D eigenvalue weighted by Gasteiger charge is -2.44. The highest BCUT2D eigenvalue weighted by Gasteiger charge is 2.35. The van der Waals surface area contributed by atoms with Crippen LogP contribution < -0.4 is 0 Å². The third kappa shape index (κ3) is 2.13. The molecule has 0 radical (unpaired) electrons. The molecule has 0 amide bonds. The third-order valence-electron chi connectivity index (χ3n) is 4.61. The Hall–Kier alpha value is -1.39. The van der Waals surface area contributed by atoms with Gasteiger partial charge in [-0.1, -0.05) is 28.9 Å². The SMILES string of the molecule is Clc1ccc(-c2cn(C3CN4CCC3CC4)nn2)cc1. The van der Waals surface area contributed by atoms with Crippen molar-refractivity contribution in [2.24, 2.45) is 5.92 Å². The maximum atomic E-state index is 5.92. The summed E-state index contributed by atoms with van der Waals surface area (Å²) in [5, 5.41) is 9.44. The molecule has 3 aliphatic heterocycles. The van der Waals surface area contributed by atoms with E-state index in [0.717, 1.165) is 28.7 Å². The fraction of sp³-hybridized carbons (Fsp3) is 0.467. The van der Waals surface area contributed by atoms with Gasteiger partial charge < -0.3 is 4.90 Å². The summed E-state index contributed by atoms with van der Waals surface area (Å²) >= 11 is 5.92. The average Bonchev–Trinajstić information content (AvgIpc) is 2.99. The molecule has 3 saturated heterocycles. The van der Waals surface area contributed by atoms with E-state index in [0.29, 0.717) is 6.04 Å². The summed E-state index contributed by atoms with van der Waals surface area (Å²) in [6, 6.07) is 8.26. The summed E-state index contributed by atoms with van der Waals surface area (Å²) in [6.45, 7) is 3.62. The molecule has 1 unspecified atom stereocenters. The number of piperidine rings is 3. The topological polar surface area (TPSA) is 34.0 Å². The lowest BCUT2D eigenvalue weighted by Crippen LogP contribution is -2.48. The Morgan fingerprint density at radius 2 is 1.85 bits per heavy atom. The smallest absolute Gasteiger partial charge is 0.113 e. The molecule has 1 aromatic heterocycles. The molecule has 1 aromatic carbocycles. The van der Waals surface area contributed by atoms with Gasteiger partial charge in [0.25, 0.3) is 0 Å². The van der Waals surface area contributed by atoms with Gasteiger partial charge in [0.1, 0.15) is 5.69 Å². The van der Waals surface area contributed by atoms with Crippen molar-refractivity contribution in [3.8, 4) is 11.3 Å². The van der Waals surface area contributed by atoms with Crippen molar-refractivity contribution in [1.29, 1.82) is 0 Å². The molecule has 5 rings (SSSR count). The quantitative estimate of drug-likeness (QED) is 0.852. The Bertz CT molecular complexity index is 599. The molecule has 0 spiro atoms. The van der Waals surface area contributed by atoms with Crippen LogP contribution in [0, 0.1) is 5.92 Å². The van der Waals surface area contributed by atoms with Crippen LogP contribution in [-0.2, 0) is 0 Å². The highest BCUT2D eigenvalue weighted by molar-refractivity contribution is 6.30. The molecular weight excluding hydrogens is 272 g/mol. The first-order chi connectivity index (χ1) is 9.79. The van der Waals surface area contributed by atoms with Gasteiger partial charge in [0, 0.05) is 17.1 Å². The minimum absolute atomic E-state index is 0.492. The van der Waals surface area contributed by atoms with Gasteiger partial charge in [0.2, 0.25) is 0 Å². The summed E-state index contributed by atoms with van der Waals surface area (Å²) in [4.78, 5) is 2.54. The number of halogens is 1. The number of fused-ring (bicyclic) bond motifs is 3. The van der Waals surface area contributed by atoms with Gasteiger partial charge in [0.05, 0.1) is 12.2 Å². The maximum absolute atomic E-state index is 5.92. The molecule has 3 aliphatic rings. The van der Waals surface area contributed by atoms with Gasteiger partial charge in [0.15, 0.2) is 0 Å². The van der Waals surface area contributed by atoms with E-state index in [4.69, 9.17) is 11.6 Å². The Morgan fingerprint density at radius 3 is 2.50 bits per heavy atom. The highest BCUT2D eigenvalue weighted by Crippen LogP contribution is 2.35. The fourth-order valence-electron chi connectivity index (χ4n) is 3.43. The first kappa shape index (κ1) is 12.4. The van der Waals surface area contributed by atoms with E-state index in [9.17, 15) is 0 Å². The largest absolute Gasteiger partial charge is 0.301 e. The Balaban J connectivity index is 1.60. The summed E-state index contributed by atoms with van der Waals surface area (Å²) in [5.41, 5.74) is 2.00. The summed E-state index contributed by atoms with van der Waals surface area (Å²) < 4.78 is 2.07.